The topological polar surface area (TPSA) is 26.3 Å². The first kappa shape index (κ1) is 17.4. The Hall–Kier alpha value is -0.0000000000000000555. The molecular weight excluding hydrogens is 370 g/mol. The lowest BCUT2D eigenvalue weighted by atomic mass is 10.0. The van der Waals surface area contributed by atoms with E-state index in [0.29, 0.717) is 11.6 Å². The van der Waals surface area contributed by atoms with Crippen LogP contribution in [-0.2, 0) is 11.4 Å². The molecule has 0 fully saturated rings. The van der Waals surface area contributed by atoms with Crippen molar-refractivity contribution in [1.29, 1.82) is 0 Å². The van der Waals surface area contributed by atoms with Crippen molar-refractivity contribution in [2.24, 2.45) is 0 Å². The van der Waals surface area contributed by atoms with Gasteiger partial charge in [0.15, 0.2) is 0 Å². The fourth-order valence-corrected chi connectivity index (χ4v) is 4.50. The van der Waals surface area contributed by atoms with Gasteiger partial charge in [-0.3, -0.25) is 0 Å². The molecule has 1 aliphatic heterocycles. The van der Waals surface area contributed by atoms with E-state index in [-0.39, 0.29) is 10.8 Å². The van der Waals surface area contributed by atoms with Crippen LogP contribution in [0.3, 0.4) is 0 Å². The summed E-state index contributed by atoms with van der Waals surface area (Å²) in [5, 5.41) is 0.715. The van der Waals surface area contributed by atoms with Crippen LogP contribution in [-0.4, -0.2) is 20.1 Å². The highest BCUT2D eigenvalue weighted by molar-refractivity contribution is 9.10. The van der Waals surface area contributed by atoms with Gasteiger partial charge in [0.05, 0.1) is 12.6 Å². The second-order valence-electron chi connectivity index (χ2n) is 6.19. The Balaban J connectivity index is 2.39. The fraction of sp³-hybridized carbons (Fsp3) is 0.500. The molecule has 1 aliphatic rings. The van der Waals surface area contributed by atoms with Gasteiger partial charge in [0.1, 0.15) is 4.75 Å². The first-order valence-electron chi connectivity index (χ1n) is 7.09. The van der Waals surface area contributed by atoms with E-state index < -0.39 is 11.4 Å². The van der Waals surface area contributed by atoms with Crippen molar-refractivity contribution in [2.75, 3.05) is 6.54 Å². The normalized spacial score (nSPS) is 22.1. The molecule has 1 aromatic rings. The van der Waals surface area contributed by atoms with Gasteiger partial charge in [-0.1, -0.05) is 39.7 Å². The summed E-state index contributed by atoms with van der Waals surface area (Å²) in [7, 11) is 0. The highest BCUT2D eigenvalue weighted by Crippen LogP contribution is 2.38. The van der Waals surface area contributed by atoms with E-state index in [1.807, 2.05) is 39.0 Å². The van der Waals surface area contributed by atoms with Gasteiger partial charge in [-0.2, -0.15) is 0 Å². The maximum Gasteiger partial charge on any atom is 0.137 e. The molecule has 2 nitrogen and oxygen atoms in total. The molecule has 116 valence electrons. The van der Waals surface area contributed by atoms with Crippen LogP contribution in [0.25, 0.3) is 0 Å². The predicted octanol–water partition coefficient (Wildman–Crippen LogP) is 5.26. The molecule has 1 aromatic carbocycles. The van der Waals surface area contributed by atoms with Crippen molar-refractivity contribution in [2.45, 2.75) is 44.4 Å². The third-order valence-electron chi connectivity index (χ3n) is 3.46. The average Bonchev–Trinajstić information content (AvgIpc) is 2.65. The Kier molecular flexibility index (Phi) is 5.83. The number of halogens is 2. The highest BCUT2D eigenvalue weighted by atomic mass is 79.9. The van der Waals surface area contributed by atoms with Crippen molar-refractivity contribution in [1.82, 2.24) is 4.31 Å². The molecule has 2 rings (SSSR count). The van der Waals surface area contributed by atoms with E-state index in [1.165, 1.54) is 0 Å². The number of nitrogens with zero attached hydrogens (tertiary/aromatic N) is 1. The molecule has 0 saturated carbocycles. The minimum absolute atomic E-state index is 0.105. The van der Waals surface area contributed by atoms with Gasteiger partial charge < -0.3 is 4.55 Å². The van der Waals surface area contributed by atoms with Crippen LogP contribution in [0.2, 0.25) is 5.02 Å². The number of hydrogen-bond donors (Lipinski definition) is 0. The number of allylic oxidation sites excluding steroid dienone is 1. The summed E-state index contributed by atoms with van der Waals surface area (Å²) in [5.74, 6) is 0. The van der Waals surface area contributed by atoms with Crippen LogP contribution in [0, 0.1) is 0 Å². The molecule has 0 aromatic heterocycles. The molecule has 1 heterocycles. The molecule has 0 spiro atoms. The molecule has 2 atom stereocenters. The summed E-state index contributed by atoms with van der Waals surface area (Å²) in [5.41, 5.74) is 1.11. The van der Waals surface area contributed by atoms with Crippen molar-refractivity contribution in [3.8, 4) is 0 Å². The fourth-order valence-electron chi connectivity index (χ4n) is 2.44. The molecule has 5 heteroatoms. The summed E-state index contributed by atoms with van der Waals surface area (Å²) in [6.45, 7) is 6.75. The van der Waals surface area contributed by atoms with Crippen LogP contribution >= 0.6 is 27.5 Å². The maximum absolute atomic E-state index is 12.9. The van der Waals surface area contributed by atoms with E-state index in [9.17, 15) is 4.55 Å². The summed E-state index contributed by atoms with van der Waals surface area (Å²) in [4.78, 5) is 0. The first-order chi connectivity index (χ1) is 9.80. The molecule has 0 saturated heterocycles. The lowest BCUT2D eigenvalue weighted by Crippen LogP contribution is -2.44. The predicted molar refractivity (Wildman–Crippen MR) is 94.9 cm³/mol. The second-order valence-corrected chi connectivity index (χ2v) is 9.67. The van der Waals surface area contributed by atoms with Gasteiger partial charge in [0.25, 0.3) is 0 Å². The van der Waals surface area contributed by atoms with Crippen LogP contribution < -0.4 is 0 Å². The zero-order valence-electron chi connectivity index (χ0n) is 12.6. The van der Waals surface area contributed by atoms with E-state index in [4.69, 9.17) is 11.6 Å². The quantitative estimate of drug-likeness (QED) is 0.508. The van der Waals surface area contributed by atoms with Gasteiger partial charge in [0, 0.05) is 20.9 Å². The van der Waals surface area contributed by atoms with Crippen LogP contribution in [0.4, 0.5) is 0 Å². The summed E-state index contributed by atoms with van der Waals surface area (Å²) in [6, 6.07) is 5.92. The number of hydrogen-bond acceptors (Lipinski definition) is 2. The van der Waals surface area contributed by atoms with Gasteiger partial charge in [0.2, 0.25) is 0 Å². The Bertz CT molecular complexity index is 529. The molecule has 1 unspecified atom stereocenters. The third kappa shape index (κ3) is 4.26. The van der Waals surface area contributed by atoms with Gasteiger partial charge in [-0.15, -0.1) is 4.31 Å². The monoisotopic (exact) mass is 389 g/mol. The Morgan fingerprint density at radius 2 is 2.05 bits per heavy atom. The molecule has 21 heavy (non-hydrogen) atoms. The van der Waals surface area contributed by atoms with Crippen molar-refractivity contribution >= 4 is 38.9 Å². The van der Waals surface area contributed by atoms with E-state index in [1.54, 1.807) is 0 Å². The largest absolute Gasteiger partial charge is 0.597 e. The Morgan fingerprint density at radius 3 is 2.71 bits per heavy atom. The summed E-state index contributed by atoms with van der Waals surface area (Å²) >= 11 is 8.71. The molecule has 0 bridgehead atoms. The number of rotatable bonds is 2. The lowest BCUT2D eigenvalue weighted by Gasteiger charge is -2.36. The van der Waals surface area contributed by atoms with Crippen molar-refractivity contribution in [3.63, 3.8) is 0 Å². The zero-order chi connectivity index (χ0) is 15.6. The first-order valence-corrected chi connectivity index (χ1v) is 9.37. The van der Waals surface area contributed by atoms with E-state index >= 15 is 0 Å². The molecule has 0 amide bonds. The highest BCUT2D eigenvalue weighted by Gasteiger charge is 2.38. The van der Waals surface area contributed by atoms with Crippen molar-refractivity contribution < 1.29 is 4.55 Å². The van der Waals surface area contributed by atoms with Crippen LogP contribution in [0.1, 0.15) is 45.2 Å². The Labute approximate surface area is 144 Å². The van der Waals surface area contributed by atoms with Crippen LogP contribution in [0.15, 0.2) is 34.8 Å². The van der Waals surface area contributed by atoms with E-state index in [2.05, 4.69) is 32.4 Å². The smallest absolute Gasteiger partial charge is 0.137 e. The number of benzene rings is 1. The molecule has 0 aliphatic carbocycles. The zero-order valence-corrected chi connectivity index (χ0v) is 15.8. The molecule has 0 N–H and O–H groups in total. The molecule has 0 radical (unpaired) electrons. The van der Waals surface area contributed by atoms with E-state index in [0.717, 1.165) is 22.9 Å². The maximum atomic E-state index is 12.9. The SMILES string of the molecule is CC(C)(C)[S+]([O-])N1CC=CCC[C@@H]1c1cc(Cl)ccc1Br. The minimum atomic E-state index is -1.06. The second kappa shape index (κ2) is 7.05. The average molecular weight is 391 g/mol. The third-order valence-corrected chi connectivity index (χ3v) is 6.29. The van der Waals surface area contributed by atoms with Gasteiger partial charge in [-0.05, 0) is 57.4 Å². The van der Waals surface area contributed by atoms with Crippen LogP contribution in [0.5, 0.6) is 0 Å². The summed E-state index contributed by atoms with van der Waals surface area (Å²) < 4.78 is 15.7. The van der Waals surface area contributed by atoms with Gasteiger partial charge in [-0.25, -0.2) is 0 Å². The molecular formula is C16H21BrClNOS. The lowest BCUT2D eigenvalue weighted by molar-refractivity contribution is 0.329. The summed E-state index contributed by atoms with van der Waals surface area (Å²) in [6.07, 6.45) is 6.21. The van der Waals surface area contributed by atoms with Gasteiger partial charge >= 0.3 is 0 Å². The standard InChI is InChI=1S/C16H21BrClNOS/c1-16(2,3)21(20)19-10-6-4-5-7-15(19)13-11-12(18)8-9-14(13)17/h4,6,8-9,11,15H,5,7,10H2,1-3H3/t15-,21?/m1/s1. The Morgan fingerprint density at radius 1 is 1.33 bits per heavy atom. The minimum Gasteiger partial charge on any atom is -0.597 e. The van der Waals surface area contributed by atoms with Crippen molar-refractivity contribution in [3.05, 3.63) is 45.4 Å².